The SMILES string of the molecule is CCN(c1ccc(OC)cc1-c1ccccc1)S(=O)(=O)c1ccccc1. The number of nitrogens with zero attached hydrogens (tertiary/aromatic N) is 1. The van der Waals surface area contributed by atoms with Crippen LogP contribution in [-0.4, -0.2) is 22.1 Å². The molecule has 0 amide bonds. The van der Waals surface area contributed by atoms with E-state index in [-0.39, 0.29) is 4.90 Å². The summed E-state index contributed by atoms with van der Waals surface area (Å²) in [6.07, 6.45) is 0. The fourth-order valence-electron chi connectivity index (χ4n) is 2.90. The van der Waals surface area contributed by atoms with Gasteiger partial charge in [-0.15, -0.1) is 0 Å². The number of rotatable bonds is 6. The summed E-state index contributed by atoms with van der Waals surface area (Å²) in [5.74, 6) is 0.681. The van der Waals surface area contributed by atoms with Crippen LogP contribution in [0.2, 0.25) is 0 Å². The van der Waals surface area contributed by atoms with E-state index >= 15 is 0 Å². The van der Waals surface area contributed by atoms with Crippen molar-refractivity contribution in [3.05, 3.63) is 78.9 Å². The van der Waals surface area contributed by atoms with Gasteiger partial charge < -0.3 is 4.74 Å². The molecule has 0 aliphatic heterocycles. The second-order valence-electron chi connectivity index (χ2n) is 5.73. The Kier molecular flexibility index (Phi) is 5.28. The number of benzene rings is 3. The quantitative estimate of drug-likeness (QED) is 0.641. The highest BCUT2D eigenvalue weighted by Gasteiger charge is 2.25. The van der Waals surface area contributed by atoms with Crippen LogP contribution in [0.3, 0.4) is 0 Å². The van der Waals surface area contributed by atoms with Crippen LogP contribution in [0.15, 0.2) is 83.8 Å². The average Bonchev–Trinajstić information content (AvgIpc) is 2.70. The zero-order valence-electron chi connectivity index (χ0n) is 14.8. The van der Waals surface area contributed by atoms with E-state index in [4.69, 9.17) is 4.74 Å². The van der Waals surface area contributed by atoms with Crippen molar-refractivity contribution < 1.29 is 13.2 Å². The molecule has 0 aromatic heterocycles. The van der Waals surface area contributed by atoms with Crippen molar-refractivity contribution in [1.82, 2.24) is 0 Å². The first-order valence-corrected chi connectivity index (χ1v) is 9.83. The largest absolute Gasteiger partial charge is 0.497 e. The van der Waals surface area contributed by atoms with Crippen LogP contribution in [0.25, 0.3) is 11.1 Å². The molecule has 134 valence electrons. The second-order valence-corrected chi connectivity index (χ2v) is 7.59. The van der Waals surface area contributed by atoms with Gasteiger partial charge in [-0.3, -0.25) is 4.31 Å². The minimum atomic E-state index is -3.66. The van der Waals surface area contributed by atoms with Gasteiger partial charge in [-0.05, 0) is 42.8 Å². The smallest absolute Gasteiger partial charge is 0.264 e. The third kappa shape index (κ3) is 3.44. The molecule has 0 unspecified atom stereocenters. The molecular formula is C21H21NO3S. The van der Waals surface area contributed by atoms with Crippen molar-refractivity contribution in [3.63, 3.8) is 0 Å². The highest BCUT2D eigenvalue weighted by atomic mass is 32.2. The first-order valence-electron chi connectivity index (χ1n) is 8.39. The van der Waals surface area contributed by atoms with Gasteiger partial charge >= 0.3 is 0 Å². The molecule has 0 fully saturated rings. The summed E-state index contributed by atoms with van der Waals surface area (Å²) < 4.78 is 33.2. The van der Waals surface area contributed by atoms with Crippen molar-refractivity contribution in [3.8, 4) is 16.9 Å². The Hall–Kier alpha value is -2.79. The van der Waals surface area contributed by atoms with Crippen LogP contribution in [0.5, 0.6) is 5.75 Å². The fraction of sp³-hybridized carbons (Fsp3) is 0.143. The Morgan fingerprint density at radius 2 is 1.50 bits per heavy atom. The number of anilines is 1. The zero-order chi connectivity index (χ0) is 18.6. The lowest BCUT2D eigenvalue weighted by atomic mass is 10.0. The molecule has 4 nitrogen and oxygen atoms in total. The Morgan fingerprint density at radius 3 is 2.08 bits per heavy atom. The third-order valence-electron chi connectivity index (χ3n) is 4.18. The van der Waals surface area contributed by atoms with Gasteiger partial charge in [-0.2, -0.15) is 0 Å². The van der Waals surface area contributed by atoms with Crippen molar-refractivity contribution in [1.29, 1.82) is 0 Å². The van der Waals surface area contributed by atoms with Crippen molar-refractivity contribution in [2.75, 3.05) is 18.0 Å². The normalized spacial score (nSPS) is 11.2. The molecule has 0 aliphatic rings. The third-order valence-corrected chi connectivity index (χ3v) is 6.08. The summed E-state index contributed by atoms with van der Waals surface area (Å²) in [6, 6.07) is 23.7. The summed E-state index contributed by atoms with van der Waals surface area (Å²) in [7, 11) is -2.06. The number of ether oxygens (including phenoxy) is 1. The van der Waals surface area contributed by atoms with Crippen molar-refractivity contribution in [2.24, 2.45) is 0 Å². The molecule has 0 saturated carbocycles. The zero-order valence-corrected chi connectivity index (χ0v) is 15.6. The molecule has 0 spiro atoms. The minimum Gasteiger partial charge on any atom is -0.497 e. The van der Waals surface area contributed by atoms with Gasteiger partial charge in [0, 0.05) is 12.1 Å². The lowest BCUT2D eigenvalue weighted by Gasteiger charge is -2.26. The Balaban J connectivity index is 2.18. The Labute approximate surface area is 154 Å². The molecular weight excluding hydrogens is 346 g/mol. The lowest BCUT2D eigenvalue weighted by Crippen LogP contribution is -2.31. The fourth-order valence-corrected chi connectivity index (χ4v) is 4.41. The maximum absolute atomic E-state index is 13.2. The van der Waals surface area contributed by atoms with Gasteiger partial charge in [0.2, 0.25) is 0 Å². The molecule has 3 aromatic carbocycles. The molecule has 0 saturated heterocycles. The molecule has 0 aliphatic carbocycles. The van der Waals surface area contributed by atoms with Crippen LogP contribution in [0.4, 0.5) is 5.69 Å². The first kappa shape index (κ1) is 18.0. The summed E-state index contributed by atoms with van der Waals surface area (Å²) >= 11 is 0. The van der Waals surface area contributed by atoms with Crippen LogP contribution in [0.1, 0.15) is 6.92 Å². The maximum Gasteiger partial charge on any atom is 0.264 e. The van der Waals surface area contributed by atoms with Crippen molar-refractivity contribution in [2.45, 2.75) is 11.8 Å². The number of hydrogen-bond acceptors (Lipinski definition) is 3. The molecule has 0 bridgehead atoms. The summed E-state index contributed by atoms with van der Waals surface area (Å²) in [5, 5.41) is 0. The lowest BCUT2D eigenvalue weighted by molar-refractivity contribution is 0.415. The van der Waals surface area contributed by atoms with E-state index in [1.54, 1.807) is 49.6 Å². The van der Waals surface area contributed by atoms with E-state index in [1.165, 1.54) is 4.31 Å². The molecule has 26 heavy (non-hydrogen) atoms. The molecule has 5 heteroatoms. The molecule has 3 aromatic rings. The van der Waals surface area contributed by atoms with Crippen LogP contribution < -0.4 is 9.04 Å². The summed E-state index contributed by atoms with van der Waals surface area (Å²) in [4.78, 5) is 0.275. The molecule has 0 N–H and O–H groups in total. The van der Waals surface area contributed by atoms with E-state index in [1.807, 2.05) is 43.3 Å². The highest BCUT2D eigenvalue weighted by molar-refractivity contribution is 7.92. The van der Waals surface area contributed by atoms with Gasteiger partial charge in [0.05, 0.1) is 17.7 Å². The van der Waals surface area contributed by atoms with Crippen LogP contribution in [0, 0.1) is 0 Å². The molecule has 3 rings (SSSR count). The van der Waals surface area contributed by atoms with Gasteiger partial charge in [-0.25, -0.2) is 8.42 Å². The summed E-state index contributed by atoms with van der Waals surface area (Å²) in [5.41, 5.74) is 2.37. The van der Waals surface area contributed by atoms with Crippen LogP contribution >= 0.6 is 0 Å². The Bertz CT molecular complexity index is 971. The van der Waals surface area contributed by atoms with Gasteiger partial charge in [0.25, 0.3) is 10.0 Å². The van der Waals surface area contributed by atoms with Crippen molar-refractivity contribution >= 4 is 15.7 Å². The van der Waals surface area contributed by atoms with Gasteiger partial charge in [-0.1, -0.05) is 48.5 Å². The van der Waals surface area contributed by atoms with E-state index in [0.29, 0.717) is 18.0 Å². The van der Waals surface area contributed by atoms with Gasteiger partial charge in [0.15, 0.2) is 0 Å². The number of methoxy groups -OCH3 is 1. The predicted molar refractivity (Wildman–Crippen MR) is 105 cm³/mol. The van der Waals surface area contributed by atoms with Crippen LogP contribution in [-0.2, 0) is 10.0 Å². The monoisotopic (exact) mass is 367 g/mol. The predicted octanol–water partition coefficient (Wildman–Crippen LogP) is 4.58. The molecule has 0 atom stereocenters. The van der Waals surface area contributed by atoms with E-state index in [0.717, 1.165) is 11.1 Å². The molecule has 0 radical (unpaired) electrons. The highest BCUT2D eigenvalue weighted by Crippen LogP contribution is 2.36. The first-order chi connectivity index (χ1) is 12.6. The Morgan fingerprint density at radius 1 is 0.885 bits per heavy atom. The topological polar surface area (TPSA) is 46.6 Å². The molecule has 0 heterocycles. The summed E-state index contributed by atoms with van der Waals surface area (Å²) in [6.45, 7) is 2.16. The maximum atomic E-state index is 13.2. The number of sulfonamides is 1. The van der Waals surface area contributed by atoms with E-state index in [9.17, 15) is 8.42 Å². The van der Waals surface area contributed by atoms with E-state index < -0.39 is 10.0 Å². The minimum absolute atomic E-state index is 0.275. The van der Waals surface area contributed by atoms with Gasteiger partial charge in [0.1, 0.15) is 5.75 Å². The number of hydrogen-bond donors (Lipinski definition) is 0. The second kappa shape index (κ2) is 7.62. The van der Waals surface area contributed by atoms with E-state index in [2.05, 4.69) is 0 Å². The standard InChI is InChI=1S/C21H21NO3S/c1-3-22(26(23,24)19-12-8-5-9-13-19)21-15-14-18(25-2)16-20(21)17-10-6-4-7-11-17/h4-16H,3H2,1-2H3. The average molecular weight is 367 g/mol.